The average Bonchev–Trinajstić information content (AvgIpc) is 2.39. The van der Waals surface area contributed by atoms with Crippen LogP contribution in [0.2, 0.25) is 0 Å². The summed E-state index contributed by atoms with van der Waals surface area (Å²) in [7, 11) is 0. The van der Waals surface area contributed by atoms with Gasteiger partial charge in [-0.1, -0.05) is 0 Å². The maximum absolute atomic E-state index is 10.6. The first-order valence-electron chi connectivity index (χ1n) is 5.96. The largest absolute Gasteiger partial charge is 0.363 e. The van der Waals surface area contributed by atoms with Gasteiger partial charge in [-0.05, 0) is 43.2 Å². The molecule has 2 atom stereocenters. The molecule has 1 aromatic carbocycles. The third-order valence-electron chi connectivity index (χ3n) is 2.91. The minimum atomic E-state index is -2.93. The Hall–Kier alpha value is -0.850. The smallest absolute Gasteiger partial charge is 0.269 e. The van der Waals surface area contributed by atoms with Gasteiger partial charge in [-0.15, -0.1) is 0 Å². The zero-order valence-corrected chi connectivity index (χ0v) is 11.9. The fourth-order valence-corrected chi connectivity index (χ4v) is 3.90. The molecule has 8 heteroatoms. The molecule has 0 aliphatic carbocycles. The number of rotatable bonds is 4. The molecule has 2 unspecified atom stereocenters. The van der Waals surface area contributed by atoms with Gasteiger partial charge in [-0.25, -0.2) is 5.09 Å². The summed E-state index contributed by atoms with van der Waals surface area (Å²) in [6.45, 7) is 0.660. The molecule has 1 heterocycles. The molecule has 1 aromatic rings. The van der Waals surface area contributed by atoms with Crippen LogP contribution in [-0.4, -0.2) is 22.7 Å². The minimum absolute atomic E-state index is 0.0207. The van der Waals surface area contributed by atoms with Gasteiger partial charge in [0.2, 0.25) is 0 Å². The molecule has 0 bridgehead atoms. The van der Waals surface area contributed by atoms with Gasteiger partial charge in [-0.2, -0.15) is 0 Å². The molecule has 0 spiro atoms. The quantitative estimate of drug-likeness (QED) is 0.500. The number of nitrogens with zero attached hydrogens (tertiary/aromatic N) is 1. The van der Waals surface area contributed by atoms with Crippen molar-refractivity contribution in [1.82, 2.24) is 5.09 Å². The molecule has 1 fully saturated rings. The Morgan fingerprint density at radius 2 is 2.11 bits per heavy atom. The monoisotopic (exact) mass is 302 g/mol. The number of hydrogen-bond donors (Lipinski definition) is 2. The van der Waals surface area contributed by atoms with Gasteiger partial charge in [0.1, 0.15) is 6.23 Å². The van der Waals surface area contributed by atoms with Crippen molar-refractivity contribution in [3.63, 3.8) is 0 Å². The number of nitro benzene ring substituents is 1. The summed E-state index contributed by atoms with van der Waals surface area (Å²) in [5, 5.41) is 14.0. The highest BCUT2D eigenvalue weighted by Gasteiger charge is 2.23. The second-order valence-corrected chi connectivity index (χ2v) is 7.85. The lowest BCUT2D eigenvalue weighted by Crippen LogP contribution is -2.34. The molecule has 1 aliphatic rings. The van der Waals surface area contributed by atoms with Gasteiger partial charge in [-0.3, -0.25) is 10.1 Å². The third-order valence-corrected chi connectivity index (χ3v) is 5.49. The van der Waals surface area contributed by atoms with E-state index in [2.05, 4.69) is 5.09 Å². The van der Waals surface area contributed by atoms with E-state index in [1.165, 1.54) is 24.3 Å². The molecule has 0 radical (unpaired) electrons. The number of non-ortho nitro benzene ring substituents is 1. The molecule has 1 aliphatic heterocycles. The Labute approximate surface area is 116 Å². The standard InChI is InChI=1S/C11H15N2O4PS/c14-13(15)9-4-6-10(7-5-9)18(16,19)12-11-3-1-2-8-17-11/h4-7,11H,1-3,8H2,(H2,12,16,19). The molecule has 6 nitrogen and oxygen atoms in total. The predicted octanol–water partition coefficient (Wildman–Crippen LogP) is 1.64. The number of benzene rings is 1. The topological polar surface area (TPSA) is 84.6 Å². The molecule has 2 rings (SSSR count). The number of ether oxygens (including phenoxy) is 1. The van der Waals surface area contributed by atoms with Crippen molar-refractivity contribution in [3.8, 4) is 0 Å². The third kappa shape index (κ3) is 3.81. The van der Waals surface area contributed by atoms with Crippen molar-refractivity contribution < 1.29 is 14.6 Å². The molecule has 1 saturated heterocycles. The lowest BCUT2D eigenvalue weighted by Gasteiger charge is -2.28. The summed E-state index contributed by atoms with van der Waals surface area (Å²) < 4.78 is 5.48. The van der Waals surface area contributed by atoms with Crippen LogP contribution in [0.15, 0.2) is 24.3 Å². The first-order valence-corrected chi connectivity index (χ1v) is 8.72. The fourth-order valence-electron chi connectivity index (χ4n) is 1.89. The molecular weight excluding hydrogens is 287 g/mol. The first kappa shape index (κ1) is 14.6. The van der Waals surface area contributed by atoms with Gasteiger partial charge in [0.05, 0.1) is 4.92 Å². The van der Waals surface area contributed by atoms with E-state index in [1.807, 2.05) is 0 Å². The maximum Gasteiger partial charge on any atom is 0.269 e. The van der Waals surface area contributed by atoms with E-state index in [0.29, 0.717) is 11.9 Å². The highest BCUT2D eigenvalue weighted by molar-refractivity contribution is 8.14. The lowest BCUT2D eigenvalue weighted by atomic mass is 10.2. The van der Waals surface area contributed by atoms with E-state index in [1.54, 1.807) is 0 Å². The van der Waals surface area contributed by atoms with Crippen molar-refractivity contribution in [1.29, 1.82) is 0 Å². The number of hydrogen-bond acceptors (Lipinski definition) is 4. The Morgan fingerprint density at radius 3 is 2.63 bits per heavy atom. The maximum atomic E-state index is 10.6. The van der Waals surface area contributed by atoms with Crippen LogP contribution in [-0.2, 0) is 16.5 Å². The van der Waals surface area contributed by atoms with Crippen LogP contribution in [0.5, 0.6) is 0 Å². The summed E-state index contributed by atoms with van der Waals surface area (Å²) in [4.78, 5) is 20.4. The van der Waals surface area contributed by atoms with Crippen molar-refractivity contribution in [2.75, 3.05) is 6.61 Å². The van der Waals surface area contributed by atoms with Crippen LogP contribution < -0.4 is 10.4 Å². The highest BCUT2D eigenvalue weighted by Crippen LogP contribution is 2.37. The van der Waals surface area contributed by atoms with E-state index < -0.39 is 11.3 Å². The summed E-state index contributed by atoms with van der Waals surface area (Å²) >= 11 is 5.21. The molecule has 19 heavy (non-hydrogen) atoms. The van der Waals surface area contributed by atoms with E-state index in [0.717, 1.165) is 19.3 Å². The summed E-state index contributed by atoms with van der Waals surface area (Å²) in [5.74, 6) is 0. The zero-order chi connectivity index (χ0) is 13.9. The second kappa shape index (κ2) is 6.07. The van der Waals surface area contributed by atoms with Crippen LogP contribution in [0.4, 0.5) is 5.69 Å². The van der Waals surface area contributed by atoms with Crippen LogP contribution >= 0.6 is 6.42 Å². The Bertz CT molecular complexity index is 502. The molecule has 0 saturated carbocycles. The normalized spacial score (nSPS) is 22.7. The Kier molecular flexibility index (Phi) is 4.65. The van der Waals surface area contributed by atoms with Crippen LogP contribution in [0, 0.1) is 10.1 Å². The van der Waals surface area contributed by atoms with Gasteiger partial charge >= 0.3 is 0 Å². The van der Waals surface area contributed by atoms with Crippen molar-refractivity contribution in [2.45, 2.75) is 25.5 Å². The SMILES string of the molecule is O=[N+]([O-])c1ccc(P(O)(=S)NC2CCCCO2)cc1. The van der Waals surface area contributed by atoms with E-state index >= 15 is 0 Å². The van der Waals surface area contributed by atoms with Crippen LogP contribution in [0.25, 0.3) is 0 Å². The van der Waals surface area contributed by atoms with Crippen LogP contribution in [0.1, 0.15) is 19.3 Å². The summed E-state index contributed by atoms with van der Waals surface area (Å²) in [6.07, 6.45) is -0.300. The molecule has 0 aromatic heterocycles. The second-order valence-electron chi connectivity index (χ2n) is 4.33. The van der Waals surface area contributed by atoms with E-state index in [9.17, 15) is 15.0 Å². The Balaban J connectivity index is 2.09. The predicted molar refractivity (Wildman–Crippen MR) is 76.0 cm³/mol. The van der Waals surface area contributed by atoms with E-state index in [-0.39, 0.29) is 11.9 Å². The van der Waals surface area contributed by atoms with Gasteiger partial charge in [0.25, 0.3) is 5.69 Å². The number of nitrogens with one attached hydrogen (secondary N) is 1. The van der Waals surface area contributed by atoms with Crippen LogP contribution in [0.3, 0.4) is 0 Å². The van der Waals surface area contributed by atoms with Gasteiger partial charge in [0.15, 0.2) is 6.42 Å². The fraction of sp³-hybridized carbons (Fsp3) is 0.455. The molecule has 0 amide bonds. The first-order chi connectivity index (χ1) is 8.99. The summed E-state index contributed by atoms with van der Waals surface area (Å²) in [5.41, 5.74) is -0.0207. The highest BCUT2D eigenvalue weighted by atomic mass is 32.4. The van der Waals surface area contributed by atoms with Gasteiger partial charge < -0.3 is 9.63 Å². The summed E-state index contributed by atoms with van der Waals surface area (Å²) in [6, 6.07) is 5.68. The molecular formula is C11H15N2O4PS. The van der Waals surface area contributed by atoms with E-state index in [4.69, 9.17) is 16.5 Å². The average molecular weight is 302 g/mol. The Morgan fingerprint density at radius 1 is 1.42 bits per heavy atom. The minimum Gasteiger partial charge on any atom is -0.363 e. The molecule has 2 N–H and O–H groups in total. The van der Waals surface area contributed by atoms with Crippen molar-refractivity contribution in [3.05, 3.63) is 34.4 Å². The lowest BCUT2D eigenvalue weighted by molar-refractivity contribution is -0.384. The van der Waals surface area contributed by atoms with Gasteiger partial charge in [0, 0.05) is 24.0 Å². The number of nitro groups is 1. The van der Waals surface area contributed by atoms with Crippen molar-refractivity contribution >= 4 is 29.2 Å². The molecule has 104 valence electrons. The zero-order valence-electron chi connectivity index (χ0n) is 10.2. The van der Waals surface area contributed by atoms with Crippen molar-refractivity contribution in [2.24, 2.45) is 0 Å².